The van der Waals surface area contributed by atoms with Crippen molar-refractivity contribution < 1.29 is 9.18 Å². The molecule has 0 unspecified atom stereocenters. The number of unbranched alkanes of at least 4 members (excludes halogenated alkanes) is 3. The van der Waals surface area contributed by atoms with Crippen LogP contribution in [0.1, 0.15) is 64.1 Å². The molecule has 1 heterocycles. The molecular formula is C23H33FN2O. The Hall–Kier alpha value is -2.10. The van der Waals surface area contributed by atoms with Crippen molar-refractivity contribution in [3.8, 4) is 0 Å². The van der Waals surface area contributed by atoms with Crippen molar-refractivity contribution in [3.05, 3.63) is 59.7 Å². The van der Waals surface area contributed by atoms with E-state index in [1.807, 2.05) is 23.2 Å². The molecule has 0 aliphatic carbocycles. The maximum atomic E-state index is 13.5. The number of amides is 1. The Labute approximate surface area is 163 Å². The van der Waals surface area contributed by atoms with Gasteiger partial charge in [0.05, 0.1) is 6.54 Å². The lowest BCUT2D eigenvalue weighted by Gasteiger charge is -2.25. The number of rotatable bonds is 11. The molecular weight excluding hydrogens is 339 g/mol. The zero-order valence-corrected chi connectivity index (χ0v) is 17.0. The van der Waals surface area contributed by atoms with Gasteiger partial charge in [-0.1, -0.05) is 52.2 Å². The summed E-state index contributed by atoms with van der Waals surface area (Å²) < 4.78 is 15.6. The third-order valence-corrected chi connectivity index (χ3v) is 4.70. The fourth-order valence-electron chi connectivity index (χ4n) is 3.33. The Morgan fingerprint density at radius 1 is 1.15 bits per heavy atom. The molecule has 0 N–H and O–H groups in total. The van der Waals surface area contributed by atoms with E-state index in [1.54, 1.807) is 12.1 Å². The molecule has 1 amide bonds. The first kappa shape index (κ1) is 21.2. The van der Waals surface area contributed by atoms with Gasteiger partial charge in [-0.25, -0.2) is 4.39 Å². The van der Waals surface area contributed by atoms with Gasteiger partial charge in [0.25, 0.3) is 0 Å². The lowest BCUT2D eigenvalue weighted by Crippen LogP contribution is -2.34. The number of aromatic nitrogens is 1. The summed E-state index contributed by atoms with van der Waals surface area (Å²) in [7, 11) is 0. The highest BCUT2D eigenvalue weighted by molar-refractivity contribution is 5.76. The first-order chi connectivity index (χ1) is 13.0. The molecule has 0 spiro atoms. The number of hydrogen-bond donors (Lipinski definition) is 0. The molecule has 2 aromatic rings. The van der Waals surface area contributed by atoms with Gasteiger partial charge >= 0.3 is 0 Å². The average molecular weight is 373 g/mol. The predicted octanol–water partition coefficient (Wildman–Crippen LogP) is 5.63. The van der Waals surface area contributed by atoms with Crippen molar-refractivity contribution in [1.29, 1.82) is 0 Å². The fourth-order valence-corrected chi connectivity index (χ4v) is 3.33. The minimum atomic E-state index is -0.218. The van der Waals surface area contributed by atoms with Crippen LogP contribution in [0.5, 0.6) is 0 Å². The first-order valence-corrected chi connectivity index (χ1v) is 10.2. The van der Waals surface area contributed by atoms with Crippen LogP contribution in [0.4, 0.5) is 4.39 Å². The summed E-state index contributed by atoms with van der Waals surface area (Å²) in [6, 6.07) is 10.7. The molecule has 0 bridgehead atoms. The van der Waals surface area contributed by atoms with Gasteiger partial charge in [-0.2, -0.15) is 0 Å². The van der Waals surface area contributed by atoms with Gasteiger partial charge in [0.1, 0.15) is 5.82 Å². The van der Waals surface area contributed by atoms with Gasteiger partial charge in [0.2, 0.25) is 5.91 Å². The number of carbonyl (C=O) groups is 1. The SMILES string of the molecule is CCCCCCC(=O)N(Cc1cccn1Cc1cccc(F)c1)CC(C)C. The molecule has 0 saturated heterocycles. The highest BCUT2D eigenvalue weighted by Gasteiger charge is 2.17. The standard InChI is InChI=1S/C23H33FN2O/c1-4-5-6-7-13-23(27)26(16-19(2)3)18-22-12-9-14-25(22)17-20-10-8-11-21(24)15-20/h8-12,14-15,19H,4-7,13,16-18H2,1-3H3. The van der Waals surface area contributed by atoms with E-state index in [0.717, 1.165) is 30.6 Å². The summed E-state index contributed by atoms with van der Waals surface area (Å²) in [6.45, 7) is 8.44. The normalized spacial score (nSPS) is 11.1. The van der Waals surface area contributed by atoms with Crippen LogP contribution in [0.2, 0.25) is 0 Å². The third kappa shape index (κ3) is 7.20. The molecule has 0 saturated carbocycles. The molecule has 148 valence electrons. The Bertz CT molecular complexity index is 708. The van der Waals surface area contributed by atoms with Crippen molar-refractivity contribution >= 4 is 5.91 Å². The highest BCUT2D eigenvalue weighted by atomic mass is 19.1. The summed E-state index contributed by atoms with van der Waals surface area (Å²) in [5.74, 6) is 0.444. The molecule has 0 atom stereocenters. The van der Waals surface area contributed by atoms with E-state index < -0.39 is 0 Å². The summed E-state index contributed by atoms with van der Waals surface area (Å²) in [4.78, 5) is 14.7. The average Bonchev–Trinajstić information content (AvgIpc) is 3.04. The van der Waals surface area contributed by atoms with Gasteiger partial charge < -0.3 is 9.47 Å². The van der Waals surface area contributed by atoms with Crippen molar-refractivity contribution in [2.24, 2.45) is 5.92 Å². The van der Waals surface area contributed by atoms with Gasteiger partial charge in [-0.3, -0.25) is 4.79 Å². The lowest BCUT2D eigenvalue weighted by atomic mass is 10.1. The van der Waals surface area contributed by atoms with Gasteiger partial charge in [0.15, 0.2) is 0 Å². The number of hydrogen-bond acceptors (Lipinski definition) is 1. The second kappa shape index (κ2) is 10.9. The van der Waals surface area contributed by atoms with Crippen LogP contribution in [-0.4, -0.2) is 21.9 Å². The van der Waals surface area contributed by atoms with Crippen molar-refractivity contribution in [1.82, 2.24) is 9.47 Å². The summed E-state index contributed by atoms with van der Waals surface area (Å²) in [6.07, 6.45) is 7.07. The molecule has 1 aromatic carbocycles. The van der Waals surface area contributed by atoms with Crippen LogP contribution >= 0.6 is 0 Å². The van der Waals surface area contributed by atoms with E-state index in [1.165, 1.54) is 18.9 Å². The van der Waals surface area contributed by atoms with Gasteiger partial charge in [0, 0.05) is 31.4 Å². The van der Waals surface area contributed by atoms with Gasteiger partial charge in [-0.05, 0) is 42.2 Å². The largest absolute Gasteiger partial charge is 0.345 e. The summed E-state index contributed by atoms with van der Waals surface area (Å²) in [5.41, 5.74) is 2.01. The van der Waals surface area contributed by atoms with E-state index in [0.29, 0.717) is 25.4 Å². The predicted molar refractivity (Wildman–Crippen MR) is 109 cm³/mol. The number of nitrogens with zero attached hydrogens (tertiary/aromatic N) is 2. The third-order valence-electron chi connectivity index (χ3n) is 4.70. The quantitative estimate of drug-likeness (QED) is 0.469. The number of halogens is 1. The zero-order chi connectivity index (χ0) is 19.6. The van der Waals surface area contributed by atoms with Crippen LogP contribution in [0.25, 0.3) is 0 Å². The molecule has 2 rings (SSSR count). The topological polar surface area (TPSA) is 25.2 Å². The monoisotopic (exact) mass is 372 g/mol. The summed E-state index contributed by atoms with van der Waals surface area (Å²) >= 11 is 0. The minimum Gasteiger partial charge on any atom is -0.345 e. The maximum absolute atomic E-state index is 13.5. The molecule has 0 aliphatic heterocycles. The van der Waals surface area contributed by atoms with Crippen LogP contribution < -0.4 is 0 Å². The first-order valence-electron chi connectivity index (χ1n) is 10.2. The molecule has 4 heteroatoms. The Kier molecular flexibility index (Phi) is 8.56. The minimum absolute atomic E-state index is 0.218. The van der Waals surface area contributed by atoms with E-state index in [-0.39, 0.29) is 11.7 Å². The molecule has 0 fully saturated rings. The van der Waals surface area contributed by atoms with E-state index in [4.69, 9.17) is 0 Å². The van der Waals surface area contributed by atoms with Crippen molar-refractivity contribution in [2.75, 3.05) is 6.54 Å². The van der Waals surface area contributed by atoms with Crippen LogP contribution in [0.15, 0.2) is 42.6 Å². The number of benzene rings is 1. The van der Waals surface area contributed by atoms with Crippen molar-refractivity contribution in [3.63, 3.8) is 0 Å². The second-order valence-corrected chi connectivity index (χ2v) is 7.74. The molecule has 0 radical (unpaired) electrons. The Morgan fingerprint density at radius 2 is 1.96 bits per heavy atom. The molecule has 1 aromatic heterocycles. The maximum Gasteiger partial charge on any atom is 0.222 e. The van der Waals surface area contributed by atoms with E-state index >= 15 is 0 Å². The molecule has 3 nitrogen and oxygen atoms in total. The van der Waals surface area contributed by atoms with Crippen LogP contribution in [-0.2, 0) is 17.9 Å². The zero-order valence-electron chi connectivity index (χ0n) is 17.0. The molecule has 27 heavy (non-hydrogen) atoms. The fraction of sp³-hybridized carbons (Fsp3) is 0.522. The number of carbonyl (C=O) groups excluding carboxylic acids is 1. The Balaban J connectivity index is 2.04. The van der Waals surface area contributed by atoms with E-state index in [2.05, 4.69) is 31.4 Å². The van der Waals surface area contributed by atoms with E-state index in [9.17, 15) is 9.18 Å². The highest BCUT2D eigenvalue weighted by Crippen LogP contribution is 2.15. The summed E-state index contributed by atoms with van der Waals surface area (Å²) in [5, 5.41) is 0. The van der Waals surface area contributed by atoms with Crippen LogP contribution in [0.3, 0.4) is 0 Å². The lowest BCUT2D eigenvalue weighted by molar-refractivity contribution is -0.132. The van der Waals surface area contributed by atoms with Crippen molar-refractivity contribution in [2.45, 2.75) is 66.0 Å². The van der Waals surface area contributed by atoms with Crippen LogP contribution in [0, 0.1) is 11.7 Å². The molecule has 0 aliphatic rings. The second-order valence-electron chi connectivity index (χ2n) is 7.74. The Morgan fingerprint density at radius 3 is 2.67 bits per heavy atom. The van der Waals surface area contributed by atoms with Gasteiger partial charge in [-0.15, -0.1) is 0 Å². The smallest absolute Gasteiger partial charge is 0.222 e.